The van der Waals surface area contributed by atoms with Gasteiger partial charge >= 0.3 is 6.18 Å². The summed E-state index contributed by atoms with van der Waals surface area (Å²) in [6.45, 7) is 1.75. The first-order valence-electron chi connectivity index (χ1n) is 4.70. The van der Waals surface area contributed by atoms with Crippen LogP contribution >= 0.6 is 11.3 Å². The van der Waals surface area contributed by atoms with Gasteiger partial charge < -0.3 is 5.11 Å². The quantitative estimate of drug-likeness (QED) is 0.844. The summed E-state index contributed by atoms with van der Waals surface area (Å²) in [4.78, 5) is 4.06. The summed E-state index contributed by atoms with van der Waals surface area (Å²) in [5.41, 5.74) is -0.337. The van der Waals surface area contributed by atoms with Gasteiger partial charge in [0.2, 0.25) is 0 Å². The molecule has 0 radical (unpaired) electrons. The van der Waals surface area contributed by atoms with E-state index in [4.69, 9.17) is 0 Å². The monoisotopic (exact) mass is 259 g/mol. The number of nitrogens with zero attached hydrogens (tertiary/aromatic N) is 1. The number of aromatic hydroxyl groups is 1. The fraction of sp³-hybridized carbons (Fsp3) is 0.182. The molecule has 0 amide bonds. The molecule has 0 aliphatic carbocycles. The van der Waals surface area contributed by atoms with Crippen LogP contribution in [-0.4, -0.2) is 10.1 Å². The highest BCUT2D eigenvalue weighted by Crippen LogP contribution is 2.36. The van der Waals surface area contributed by atoms with Gasteiger partial charge in [0.1, 0.15) is 5.75 Å². The Morgan fingerprint density at radius 3 is 2.53 bits per heavy atom. The van der Waals surface area contributed by atoms with Crippen LogP contribution in [0.25, 0.3) is 11.3 Å². The molecule has 0 spiro atoms. The Balaban J connectivity index is 2.54. The van der Waals surface area contributed by atoms with Crippen molar-refractivity contribution >= 4 is 11.3 Å². The lowest BCUT2D eigenvalue weighted by Gasteiger charge is -2.09. The fourth-order valence-electron chi connectivity index (χ4n) is 1.40. The number of alkyl halides is 3. The number of phenolic OH excluding ortho intramolecular Hbond substituents is 1. The number of halogens is 3. The lowest BCUT2D eigenvalue weighted by atomic mass is 10.1. The molecule has 6 heteroatoms. The number of benzene rings is 1. The van der Waals surface area contributed by atoms with Gasteiger partial charge in [-0.05, 0) is 25.1 Å². The molecule has 0 atom stereocenters. The highest BCUT2D eigenvalue weighted by Gasteiger charge is 2.31. The fourth-order valence-corrected chi connectivity index (χ4v) is 2.02. The van der Waals surface area contributed by atoms with Crippen molar-refractivity contribution in [2.75, 3.05) is 0 Å². The number of hydrogen-bond donors (Lipinski definition) is 1. The van der Waals surface area contributed by atoms with Crippen LogP contribution in [0.15, 0.2) is 23.6 Å². The Bertz CT molecular complexity index is 548. The largest absolute Gasteiger partial charge is 0.507 e. The van der Waals surface area contributed by atoms with E-state index in [1.54, 1.807) is 12.3 Å². The maximum absolute atomic E-state index is 12.5. The molecule has 0 aliphatic heterocycles. The van der Waals surface area contributed by atoms with Crippen molar-refractivity contribution in [2.45, 2.75) is 13.1 Å². The number of thiazole rings is 1. The Kier molecular flexibility index (Phi) is 2.82. The third-order valence-corrected chi connectivity index (χ3v) is 2.99. The molecule has 17 heavy (non-hydrogen) atoms. The van der Waals surface area contributed by atoms with Crippen LogP contribution in [0.2, 0.25) is 0 Å². The van der Waals surface area contributed by atoms with Crippen LogP contribution in [0.3, 0.4) is 0 Å². The highest BCUT2D eigenvalue weighted by molar-refractivity contribution is 7.09. The van der Waals surface area contributed by atoms with Crippen molar-refractivity contribution < 1.29 is 18.3 Å². The standard InChI is InChI=1S/C11H8F3NOS/c1-6-15-9(5-17-6)8-4-7(11(12,13)14)2-3-10(8)16/h2-5,16H,1H3. The summed E-state index contributed by atoms with van der Waals surface area (Å²) in [5, 5.41) is 11.9. The molecule has 0 saturated heterocycles. The molecule has 0 saturated carbocycles. The summed E-state index contributed by atoms with van der Waals surface area (Å²) >= 11 is 1.32. The number of aryl methyl sites for hydroxylation is 1. The predicted molar refractivity (Wildman–Crippen MR) is 59.0 cm³/mol. The molecule has 0 aliphatic rings. The van der Waals surface area contributed by atoms with Crippen molar-refractivity contribution in [3.05, 3.63) is 34.2 Å². The van der Waals surface area contributed by atoms with Crippen LogP contribution in [0.5, 0.6) is 5.75 Å². The lowest BCUT2D eigenvalue weighted by molar-refractivity contribution is -0.137. The zero-order valence-corrected chi connectivity index (χ0v) is 9.56. The van der Waals surface area contributed by atoms with E-state index in [0.29, 0.717) is 5.69 Å². The van der Waals surface area contributed by atoms with Gasteiger partial charge in [-0.25, -0.2) is 4.98 Å². The second-order valence-corrected chi connectivity index (χ2v) is 4.54. The maximum Gasteiger partial charge on any atom is 0.416 e. The molecule has 1 aromatic carbocycles. The van der Waals surface area contributed by atoms with E-state index in [9.17, 15) is 18.3 Å². The van der Waals surface area contributed by atoms with E-state index in [1.165, 1.54) is 11.3 Å². The summed E-state index contributed by atoms with van der Waals surface area (Å²) < 4.78 is 37.6. The number of phenols is 1. The van der Waals surface area contributed by atoms with Gasteiger partial charge in [0.05, 0.1) is 16.3 Å². The minimum atomic E-state index is -4.42. The normalized spacial score (nSPS) is 11.8. The summed E-state index contributed by atoms with van der Waals surface area (Å²) in [5.74, 6) is -0.205. The van der Waals surface area contributed by atoms with Crippen molar-refractivity contribution in [2.24, 2.45) is 0 Å². The first kappa shape index (κ1) is 11.9. The number of rotatable bonds is 1. The zero-order chi connectivity index (χ0) is 12.6. The van der Waals surface area contributed by atoms with E-state index in [1.807, 2.05) is 0 Å². The van der Waals surface area contributed by atoms with Crippen LogP contribution < -0.4 is 0 Å². The molecular formula is C11H8F3NOS. The van der Waals surface area contributed by atoms with Gasteiger partial charge in [0.15, 0.2) is 0 Å². The minimum Gasteiger partial charge on any atom is -0.507 e. The van der Waals surface area contributed by atoms with Crippen molar-refractivity contribution in [1.29, 1.82) is 0 Å². The van der Waals surface area contributed by atoms with Gasteiger partial charge in [0, 0.05) is 10.9 Å². The van der Waals surface area contributed by atoms with E-state index < -0.39 is 11.7 Å². The van der Waals surface area contributed by atoms with Crippen molar-refractivity contribution in [3.63, 3.8) is 0 Å². The van der Waals surface area contributed by atoms with E-state index >= 15 is 0 Å². The highest BCUT2D eigenvalue weighted by atomic mass is 32.1. The molecule has 0 bridgehead atoms. The lowest BCUT2D eigenvalue weighted by Crippen LogP contribution is -2.04. The zero-order valence-electron chi connectivity index (χ0n) is 8.75. The first-order valence-corrected chi connectivity index (χ1v) is 5.58. The minimum absolute atomic E-state index is 0.101. The Labute approximate surface area is 99.4 Å². The average Bonchev–Trinajstić information content (AvgIpc) is 2.63. The molecule has 1 N–H and O–H groups in total. The molecule has 1 heterocycles. The van der Waals surface area contributed by atoms with E-state index in [0.717, 1.165) is 23.2 Å². The van der Waals surface area contributed by atoms with Crippen LogP contribution in [-0.2, 0) is 6.18 Å². The van der Waals surface area contributed by atoms with Crippen LogP contribution in [0.4, 0.5) is 13.2 Å². The molecule has 2 nitrogen and oxygen atoms in total. The van der Waals surface area contributed by atoms with Crippen molar-refractivity contribution in [3.8, 4) is 17.0 Å². The van der Waals surface area contributed by atoms with Gasteiger partial charge in [-0.3, -0.25) is 0 Å². The van der Waals surface area contributed by atoms with E-state index in [2.05, 4.69) is 4.98 Å². The maximum atomic E-state index is 12.5. The summed E-state index contributed by atoms with van der Waals surface area (Å²) in [7, 11) is 0. The molecule has 2 aromatic rings. The molecular weight excluding hydrogens is 251 g/mol. The smallest absolute Gasteiger partial charge is 0.416 e. The molecule has 90 valence electrons. The number of aromatic nitrogens is 1. The van der Waals surface area contributed by atoms with Crippen LogP contribution in [0.1, 0.15) is 10.6 Å². The Morgan fingerprint density at radius 1 is 1.29 bits per heavy atom. The van der Waals surface area contributed by atoms with Gasteiger partial charge in [-0.15, -0.1) is 11.3 Å². The third-order valence-electron chi connectivity index (χ3n) is 2.22. The SMILES string of the molecule is Cc1nc(-c2cc(C(F)(F)F)ccc2O)cs1. The van der Waals surface area contributed by atoms with Crippen molar-refractivity contribution in [1.82, 2.24) is 4.98 Å². The number of hydrogen-bond acceptors (Lipinski definition) is 3. The summed E-state index contributed by atoms with van der Waals surface area (Å²) in [6.07, 6.45) is -4.42. The molecule has 2 rings (SSSR count). The average molecular weight is 259 g/mol. The Morgan fingerprint density at radius 2 is 2.00 bits per heavy atom. The van der Waals surface area contributed by atoms with Crippen LogP contribution in [0, 0.1) is 6.92 Å². The predicted octanol–water partition coefficient (Wildman–Crippen LogP) is 3.84. The topological polar surface area (TPSA) is 33.1 Å². The molecule has 0 unspecified atom stereocenters. The Hall–Kier alpha value is -1.56. The second kappa shape index (κ2) is 4.03. The first-order chi connectivity index (χ1) is 7.88. The van der Waals surface area contributed by atoms with E-state index in [-0.39, 0.29) is 11.3 Å². The second-order valence-electron chi connectivity index (χ2n) is 3.48. The van der Waals surface area contributed by atoms with Gasteiger partial charge in [-0.1, -0.05) is 0 Å². The summed E-state index contributed by atoms with van der Waals surface area (Å²) in [6, 6.07) is 2.79. The van der Waals surface area contributed by atoms with Gasteiger partial charge in [0.25, 0.3) is 0 Å². The molecule has 0 fully saturated rings. The van der Waals surface area contributed by atoms with Gasteiger partial charge in [-0.2, -0.15) is 13.2 Å². The third kappa shape index (κ3) is 2.41. The molecule has 1 aromatic heterocycles.